The molecule has 6 heteroatoms. The molecule has 0 radical (unpaired) electrons. The van der Waals surface area contributed by atoms with Crippen LogP contribution in [0.3, 0.4) is 0 Å². The van der Waals surface area contributed by atoms with Crippen molar-refractivity contribution in [3.63, 3.8) is 0 Å². The van der Waals surface area contributed by atoms with Crippen LogP contribution in [0.1, 0.15) is 16.7 Å². The molecular formula is C22H21N3O2S. The van der Waals surface area contributed by atoms with Gasteiger partial charge in [0, 0.05) is 18.0 Å². The fraction of sp³-hybridized carbons (Fsp3) is 0.136. The van der Waals surface area contributed by atoms with E-state index in [0.717, 1.165) is 27.9 Å². The molecule has 0 unspecified atom stereocenters. The molecule has 0 spiro atoms. The third-order valence-electron chi connectivity index (χ3n) is 4.68. The molecule has 0 saturated carbocycles. The number of sulfonamides is 1. The predicted molar refractivity (Wildman–Crippen MR) is 112 cm³/mol. The minimum absolute atomic E-state index is 0.322. The van der Waals surface area contributed by atoms with E-state index < -0.39 is 10.0 Å². The van der Waals surface area contributed by atoms with E-state index in [1.165, 1.54) is 0 Å². The molecule has 28 heavy (non-hydrogen) atoms. The molecule has 2 aromatic carbocycles. The first kappa shape index (κ1) is 18.3. The van der Waals surface area contributed by atoms with E-state index in [4.69, 9.17) is 0 Å². The lowest BCUT2D eigenvalue weighted by Gasteiger charge is -2.15. The van der Waals surface area contributed by atoms with E-state index in [1.54, 1.807) is 6.07 Å². The number of imidazole rings is 1. The SMILES string of the molecule is Cc1cc(C)c(S(=O)(=O)Nc2ccccc2-c2cn3ccccc3n2)c(C)c1. The van der Waals surface area contributed by atoms with Gasteiger partial charge in [-0.3, -0.25) is 4.72 Å². The number of para-hydroxylation sites is 1. The summed E-state index contributed by atoms with van der Waals surface area (Å²) in [7, 11) is -3.74. The number of anilines is 1. The molecule has 0 atom stereocenters. The summed E-state index contributed by atoms with van der Waals surface area (Å²) in [5, 5.41) is 0. The highest BCUT2D eigenvalue weighted by atomic mass is 32.2. The number of benzene rings is 2. The number of fused-ring (bicyclic) bond motifs is 1. The molecule has 4 aromatic rings. The van der Waals surface area contributed by atoms with E-state index in [-0.39, 0.29) is 0 Å². The zero-order chi connectivity index (χ0) is 19.9. The maximum Gasteiger partial charge on any atom is 0.262 e. The first-order chi connectivity index (χ1) is 13.3. The number of nitrogens with one attached hydrogen (secondary N) is 1. The molecule has 0 bridgehead atoms. The Hall–Kier alpha value is -3.12. The van der Waals surface area contributed by atoms with Gasteiger partial charge in [-0.2, -0.15) is 0 Å². The van der Waals surface area contributed by atoms with Crippen LogP contribution in [0.4, 0.5) is 5.69 Å². The Labute approximate surface area is 164 Å². The quantitative estimate of drug-likeness (QED) is 0.547. The van der Waals surface area contributed by atoms with E-state index in [2.05, 4.69) is 9.71 Å². The maximum atomic E-state index is 13.2. The van der Waals surface area contributed by atoms with Crippen molar-refractivity contribution in [2.75, 3.05) is 4.72 Å². The topological polar surface area (TPSA) is 63.5 Å². The summed E-state index contributed by atoms with van der Waals surface area (Å²) in [6, 6.07) is 16.8. The van der Waals surface area contributed by atoms with Crippen LogP contribution in [0.2, 0.25) is 0 Å². The summed E-state index contributed by atoms with van der Waals surface area (Å²) in [4.78, 5) is 4.94. The predicted octanol–water partition coefficient (Wildman–Crippen LogP) is 4.73. The van der Waals surface area contributed by atoms with Gasteiger partial charge in [0.1, 0.15) is 5.65 Å². The molecule has 0 aliphatic rings. The monoisotopic (exact) mass is 391 g/mol. The van der Waals surface area contributed by atoms with Crippen molar-refractivity contribution in [1.29, 1.82) is 0 Å². The molecular weight excluding hydrogens is 370 g/mol. The Kier molecular flexibility index (Phi) is 4.43. The smallest absolute Gasteiger partial charge is 0.262 e. The van der Waals surface area contributed by atoms with Gasteiger partial charge in [-0.05, 0) is 50.1 Å². The molecule has 0 aliphatic carbocycles. The summed E-state index contributed by atoms with van der Waals surface area (Å²) in [6.45, 7) is 5.60. The van der Waals surface area contributed by atoms with Crippen LogP contribution in [0.25, 0.3) is 16.9 Å². The van der Waals surface area contributed by atoms with Crippen molar-refractivity contribution in [3.8, 4) is 11.3 Å². The molecule has 1 N–H and O–H groups in total. The normalized spacial score (nSPS) is 11.7. The van der Waals surface area contributed by atoms with Gasteiger partial charge in [0.05, 0.1) is 16.3 Å². The number of hydrogen-bond donors (Lipinski definition) is 1. The zero-order valence-electron chi connectivity index (χ0n) is 16.0. The Bertz CT molecular complexity index is 1230. The Morgan fingerprint density at radius 1 is 0.929 bits per heavy atom. The first-order valence-corrected chi connectivity index (χ1v) is 10.5. The van der Waals surface area contributed by atoms with Crippen molar-refractivity contribution in [2.45, 2.75) is 25.7 Å². The van der Waals surface area contributed by atoms with Crippen LogP contribution in [0, 0.1) is 20.8 Å². The highest BCUT2D eigenvalue weighted by Crippen LogP contribution is 2.31. The van der Waals surface area contributed by atoms with E-state index in [0.29, 0.717) is 16.3 Å². The maximum absolute atomic E-state index is 13.2. The summed E-state index contributed by atoms with van der Waals surface area (Å²) < 4.78 is 31.0. The van der Waals surface area contributed by atoms with E-state index in [1.807, 2.05) is 86.1 Å². The molecule has 4 rings (SSSR count). The molecule has 0 amide bonds. The van der Waals surface area contributed by atoms with Gasteiger partial charge in [0.15, 0.2) is 0 Å². The van der Waals surface area contributed by atoms with Crippen LogP contribution in [-0.4, -0.2) is 17.8 Å². The number of nitrogens with zero attached hydrogens (tertiary/aromatic N) is 2. The number of hydrogen-bond acceptors (Lipinski definition) is 3. The number of aryl methyl sites for hydroxylation is 3. The van der Waals surface area contributed by atoms with Crippen molar-refractivity contribution in [3.05, 3.63) is 83.7 Å². The third kappa shape index (κ3) is 3.27. The lowest BCUT2D eigenvalue weighted by atomic mass is 10.1. The van der Waals surface area contributed by atoms with Crippen LogP contribution in [-0.2, 0) is 10.0 Å². The van der Waals surface area contributed by atoms with Crippen LogP contribution in [0.5, 0.6) is 0 Å². The van der Waals surface area contributed by atoms with Crippen LogP contribution in [0.15, 0.2) is 71.9 Å². The number of aromatic nitrogens is 2. The zero-order valence-corrected chi connectivity index (χ0v) is 16.8. The Balaban J connectivity index is 1.79. The average molecular weight is 391 g/mol. The fourth-order valence-corrected chi connectivity index (χ4v) is 5.18. The van der Waals surface area contributed by atoms with E-state index >= 15 is 0 Å². The Morgan fingerprint density at radius 2 is 1.61 bits per heavy atom. The Morgan fingerprint density at radius 3 is 2.32 bits per heavy atom. The molecule has 2 heterocycles. The van der Waals surface area contributed by atoms with Crippen molar-refractivity contribution >= 4 is 21.4 Å². The van der Waals surface area contributed by atoms with E-state index in [9.17, 15) is 8.42 Å². The largest absolute Gasteiger partial charge is 0.306 e. The van der Waals surface area contributed by atoms with Crippen molar-refractivity contribution in [2.24, 2.45) is 0 Å². The lowest BCUT2D eigenvalue weighted by Crippen LogP contribution is -2.16. The van der Waals surface area contributed by atoms with Gasteiger partial charge in [-0.1, -0.05) is 42.0 Å². The van der Waals surface area contributed by atoms with Gasteiger partial charge >= 0.3 is 0 Å². The summed E-state index contributed by atoms with van der Waals surface area (Å²) in [6.07, 6.45) is 3.81. The summed E-state index contributed by atoms with van der Waals surface area (Å²) >= 11 is 0. The van der Waals surface area contributed by atoms with Crippen molar-refractivity contribution < 1.29 is 8.42 Å². The summed E-state index contributed by atoms with van der Waals surface area (Å²) in [5.74, 6) is 0. The van der Waals surface area contributed by atoms with Crippen LogP contribution < -0.4 is 4.72 Å². The van der Waals surface area contributed by atoms with Gasteiger partial charge in [0.2, 0.25) is 0 Å². The van der Waals surface area contributed by atoms with Gasteiger partial charge in [0.25, 0.3) is 10.0 Å². The molecule has 5 nitrogen and oxygen atoms in total. The number of rotatable bonds is 4. The minimum Gasteiger partial charge on any atom is -0.306 e. The van der Waals surface area contributed by atoms with Crippen LogP contribution >= 0.6 is 0 Å². The number of pyridine rings is 1. The van der Waals surface area contributed by atoms with Gasteiger partial charge in [-0.15, -0.1) is 0 Å². The van der Waals surface area contributed by atoms with Crippen molar-refractivity contribution in [1.82, 2.24) is 9.38 Å². The fourth-order valence-electron chi connectivity index (χ4n) is 3.65. The second-order valence-electron chi connectivity index (χ2n) is 6.97. The molecule has 142 valence electrons. The standard InChI is InChI=1S/C22H21N3O2S/c1-15-12-16(2)22(17(3)13-15)28(26,27)24-19-9-5-4-8-18(19)20-14-25-11-7-6-10-21(25)23-20/h4-14,24H,1-3H3. The molecule has 2 aromatic heterocycles. The molecule has 0 fully saturated rings. The average Bonchev–Trinajstić information content (AvgIpc) is 3.04. The second-order valence-corrected chi connectivity index (χ2v) is 8.59. The minimum atomic E-state index is -3.74. The molecule has 0 aliphatic heterocycles. The second kappa shape index (κ2) is 6.80. The summed E-state index contributed by atoms with van der Waals surface area (Å²) in [5.41, 5.74) is 5.26. The lowest BCUT2D eigenvalue weighted by molar-refractivity contribution is 0.600. The van der Waals surface area contributed by atoms with Gasteiger partial charge < -0.3 is 4.40 Å². The highest BCUT2D eigenvalue weighted by Gasteiger charge is 2.22. The molecule has 0 saturated heterocycles. The highest BCUT2D eigenvalue weighted by molar-refractivity contribution is 7.92. The van der Waals surface area contributed by atoms with Gasteiger partial charge in [-0.25, -0.2) is 13.4 Å². The third-order valence-corrected chi connectivity index (χ3v) is 6.35. The first-order valence-electron chi connectivity index (χ1n) is 8.99.